The van der Waals surface area contributed by atoms with E-state index >= 15 is 0 Å². The topological polar surface area (TPSA) is 44.7 Å². The van der Waals surface area contributed by atoms with Crippen molar-refractivity contribution >= 4 is 40.8 Å². The van der Waals surface area contributed by atoms with Gasteiger partial charge < -0.3 is 4.90 Å². The fourth-order valence-electron chi connectivity index (χ4n) is 2.36. The molecular weight excluding hydrogens is 273 g/mol. The minimum absolute atomic E-state index is 0.00808. The Morgan fingerprint density at radius 1 is 1.50 bits per heavy atom. The zero-order chi connectivity index (χ0) is 12.9. The molecule has 0 spiro atoms. The van der Waals surface area contributed by atoms with E-state index in [4.69, 9.17) is 23.2 Å². The molecule has 0 saturated carbocycles. The van der Waals surface area contributed by atoms with Crippen molar-refractivity contribution in [3.63, 3.8) is 0 Å². The Bertz CT molecular complexity index is 571. The Kier molecular flexibility index (Phi) is 2.72. The van der Waals surface area contributed by atoms with Gasteiger partial charge in [0, 0.05) is 5.56 Å². The number of rotatable bonds is 1. The first-order valence-electron chi connectivity index (χ1n) is 5.75. The smallest absolute Gasteiger partial charge is 0.249 e. The number of aliphatic imine (C=N–C) groups is 1. The van der Waals surface area contributed by atoms with Gasteiger partial charge in [-0.25, -0.2) is 4.99 Å². The first kappa shape index (κ1) is 11.8. The Balaban J connectivity index is 2.08. The lowest BCUT2D eigenvalue weighted by Crippen LogP contribution is -2.36. The number of carbonyl (C=O) groups is 1. The molecular formula is C12H11Cl2N3O. The number of fused-ring (bicyclic) bond motifs is 2. The van der Waals surface area contributed by atoms with E-state index in [1.54, 1.807) is 6.07 Å². The van der Waals surface area contributed by atoms with Gasteiger partial charge in [0.05, 0.1) is 22.3 Å². The van der Waals surface area contributed by atoms with Gasteiger partial charge in [0.1, 0.15) is 6.04 Å². The van der Waals surface area contributed by atoms with Crippen molar-refractivity contribution in [2.45, 2.75) is 25.9 Å². The summed E-state index contributed by atoms with van der Waals surface area (Å²) in [5.41, 5.74) is 1.65. The van der Waals surface area contributed by atoms with Gasteiger partial charge in [-0.1, -0.05) is 30.1 Å². The molecule has 0 bridgehead atoms. The Morgan fingerprint density at radius 3 is 3.00 bits per heavy atom. The van der Waals surface area contributed by atoms with Crippen molar-refractivity contribution in [2.75, 3.05) is 0 Å². The third kappa shape index (κ3) is 1.60. The van der Waals surface area contributed by atoms with E-state index in [0.717, 1.165) is 17.7 Å². The van der Waals surface area contributed by atoms with E-state index in [9.17, 15) is 4.79 Å². The predicted octanol–water partition coefficient (Wildman–Crippen LogP) is 2.70. The molecule has 0 radical (unpaired) electrons. The molecule has 3 rings (SSSR count). The summed E-state index contributed by atoms with van der Waals surface area (Å²) in [4.78, 5) is 18.1. The number of hydrogen-bond donors (Lipinski definition) is 1. The molecule has 1 fully saturated rings. The number of nitrogens with zero attached hydrogens (tertiary/aromatic N) is 2. The molecule has 18 heavy (non-hydrogen) atoms. The summed E-state index contributed by atoms with van der Waals surface area (Å²) >= 11 is 12.2. The maximum absolute atomic E-state index is 11.8. The highest BCUT2D eigenvalue weighted by atomic mass is 35.5. The van der Waals surface area contributed by atoms with Crippen molar-refractivity contribution in [3.8, 4) is 0 Å². The normalized spacial score (nSPS) is 21.3. The summed E-state index contributed by atoms with van der Waals surface area (Å²) in [5, 5.41) is 3.83. The minimum atomic E-state index is -0.174. The number of guanidine groups is 1. The third-order valence-corrected chi connectivity index (χ3v) is 4.14. The second-order valence-corrected chi connectivity index (χ2v) is 5.12. The Labute approximate surface area is 115 Å². The Hall–Kier alpha value is -1.26. The van der Waals surface area contributed by atoms with Crippen molar-refractivity contribution in [1.29, 1.82) is 0 Å². The molecule has 2 aliphatic heterocycles. The van der Waals surface area contributed by atoms with Crippen molar-refractivity contribution in [1.82, 2.24) is 10.2 Å². The highest BCUT2D eigenvalue weighted by Crippen LogP contribution is 2.37. The summed E-state index contributed by atoms with van der Waals surface area (Å²) in [6.45, 7) is 2.53. The molecule has 1 saturated heterocycles. The van der Waals surface area contributed by atoms with E-state index < -0.39 is 0 Å². The van der Waals surface area contributed by atoms with Gasteiger partial charge in [-0.2, -0.15) is 0 Å². The first-order valence-corrected chi connectivity index (χ1v) is 6.50. The largest absolute Gasteiger partial charge is 0.326 e. The lowest BCUT2D eigenvalue weighted by Gasteiger charge is -2.28. The lowest BCUT2D eigenvalue weighted by molar-refractivity contribution is -0.121. The van der Waals surface area contributed by atoms with Crippen LogP contribution in [-0.2, 0) is 11.3 Å². The SMILES string of the molecule is CCC1C(=O)NC2=Nc3ccc(Cl)c(Cl)c3CN21. The zero-order valence-electron chi connectivity index (χ0n) is 9.70. The van der Waals surface area contributed by atoms with Crippen molar-refractivity contribution in [3.05, 3.63) is 27.7 Å². The number of hydrogen-bond acceptors (Lipinski definition) is 3. The van der Waals surface area contributed by atoms with Crippen LogP contribution in [0.2, 0.25) is 10.0 Å². The molecule has 1 atom stereocenters. The van der Waals surface area contributed by atoms with Gasteiger partial charge in [-0.05, 0) is 18.6 Å². The predicted molar refractivity (Wildman–Crippen MR) is 71.3 cm³/mol. The van der Waals surface area contributed by atoms with E-state index in [1.165, 1.54) is 0 Å². The third-order valence-electron chi connectivity index (χ3n) is 3.30. The van der Waals surface area contributed by atoms with Crippen LogP contribution in [0.5, 0.6) is 0 Å². The van der Waals surface area contributed by atoms with E-state index in [1.807, 2.05) is 17.9 Å². The van der Waals surface area contributed by atoms with Gasteiger partial charge in [-0.3, -0.25) is 10.1 Å². The standard InChI is InChI=1S/C12H11Cl2N3O/c1-2-9-11(18)16-12-15-8-4-3-7(13)10(14)6(8)5-17(9)12/h3-4,9H,2,5H2,1H3,(H,15,16,18). The fraction of sp³-hybridized carbons (Fsp3) is 0.333. The maximum Gasteiger partial charge on any atom is 0.249 e. The summed E-state index contributed by atoms with van der Waals surface area (Å²) in [5.74, 6) is 0.601. The molecule has 4 nitrogen and oxygen atoms in total. The quantitative estimate of drug-likeness (QED) is 0.861. The van der Waals surface area contributed by atoms with Crippen LogP contribution in [0.4, 0.5) is 5.69 Å². The molecule has 1 unspecified atom stereocenters. The van der Waals surface area contributed by atoms with Gasteiger partial charge in [0.25, 0.3) is 0 Å². The molecule has 1 N–H and O–H groups in total. The number of halogens is 2. The number of carbonyl (C=O) groups excluding carboxylic acids is 1. The highest BCUT2D eigenvalue weighted by Gasteiger charge is 2.38. The molecule has 1 aromatic carbocycles. The Morgan fingerprint density at radius 2 is 2.28 bits per heavy atom. The van der Waals surface area contributed by atoms with Crippen LogP contribution in [0.3, 0.4) is 0 Å². The van der Waals surface area contributed by atoms with Gasteiger partial charge in [-0.15, -0.1) is 0 Å². The van der Waals surface area contributed by atoms with Crippen molar-refractivity contribution < 1.29 is 4.79 Å². The highest BCUT2D eigenvalue weighted by molar-refractivity contribution is 6.42. The van der Waals surface area contributed by atoms with Crippen LogP contribution in [0.15, 0.2) is 17.1 Å². The molecule has 6 heteroatoms. The van der Waals surface area contributed by atoms with Crippen LogP contribution < -0.4 is 5.32 Å². The molecule has 1 amide bonds. The zero-order valence-corrected chi connectivity index (χ0v) is 11.2. The van der Waals surface area contributed by atoms with E-state index in [2.05, 4.69) is 10.3 Å². The molecule has 0 aliphatic carbocycles. The second kappa shape index (κ2) is 4.14. The number of nitrogens with one attached hydrogen (secondary N) is 1. The van der Waals surface area contributed by atoms with Crippen LogP contribution in [0.1, 0.15) is 18.9 Å². The van der Waals surface area contributed by atoms with Crippen molar-refractivity contribution in [2.24, 2.45) is 4.99 Å². The van der Waals surface area contributed by atoms with Crippen LogP contribution in [-0.4, -0.2) is 22.8 Å². The summed E-state index contributed by atoms with van der Waals surface area (Å²) in [6.07, 6.45) is 0.734. The number of amides is 1. The first-order chi connectivity index (χ1) is 8.61. The fourth-order valence-corrected chi connectivity index (χ4v) is 2.76. The summed E-state index contributed by atoms with van der Waals surface area (Å²) in [6, 6.07) is 3.36. The lowest BCUT2D eigenvalue weighted by atomic mass is 10.1. The number of benzene rings is 1. The monoisotopic (exact) mass is 283 g/mol. The van der Waals surface area contributed by atoms with Gasteiger partial charge >= 0.3 is 0 Å². The molecule has 2 aliphatic rings. The van der Waals surface area contributed by atoms with E-state index in [0.29, 0.717) is 22.5 Å². The molecule has 94 valence electrons. The van der Waals surface area contributed by atoms with Crippen LogP contribution in [0.25, 0.3) is 0 Å². The average Bonchev–Trinajstić information content (AvgIpc) is 2.66. The average molecular weight is 284 g/mol. The molecule has 0 aromatic heterocycles. The molecule has 1 aromatic rings. The second-order valence-electron chi connectivity index (χ2n) is 4.34. The molecule has 2 heterocycles. The van der Waals surface area contributed by atoms with E-state index in [-0.39, 0.29) is 11.9 Å². The minimum Gasteiger partial charge on any atom is -0.326 e. The van der Waals surface area contributed by atoms with Crippen LogP contribution >= 0.6 is 23.2 Å². The maximum atomic E-state index is 11.8. The van der Waals surface area contributed by atoms with Gasteiger partial charge in [0.2, 0.25) is 11.9 Å². The summed E-state index contributed by atoms with van der Waals surface area (Å²) < 4.78 is 0. The summed E-state index contributed by atoms with van der Waals surface area (Å²) in [7, 11) is 0. The van der Waals surface area contributed by atoms with Crippen LogP contribution in [0, 0.1) is 0 Å². The van der Waals surface area contributed by atoms with Gasteiger partial charge in [0.15, 0.2) is 0 Å².